The van der Waals surface area contributed by atoms with Crippen molar-refractivity contribution in [3.63, 3.8) is 0 Å². The van der Waals surface area contributed by atoms with E-state index in [9.17, 15) is 4.79 Å². The number of carbonyl (C=O) groups excluding carboxylic acids is 1. The lowest BCUT2D eigenvalue weighted by Gasteiger charge is -2.23. The Kier molecular flexibility index (Phi) is 4.76. The normalized spacial score (nSPS) is 24.4. The van der Waals surface area contributed by atoms with Gasteiger partial charge in [-0.25, -0.2) is 0 Å². The van der Waals surface area contributed by atoms with Crippen molar-refractivity contribution in [2.24, 2.45) is 17.8 Å². The molecule has 1 aromatic carbocycles. The number of pyridine rings is 1. The van der Waals surface area contributed by atoms with Crippen LogP contribution < -0.4 is 0 Å². The van der Waals surface area contributed by atoms with Gasteiger partial charge in [-0.05, 0) is 54.0 Å². The summed E-state index contributed by atoms with van der Waals surface area (Å²) in [6, 6.07) is 11.8. The van der Waals surface area contributed by atoms with Crippen LogP contribution in [-0.2, 0) is 17.9 Å². The number of benzene rings is 1. The maximum Gasteiger partial charge on any atom is 0.226 e. The fourth-order valence-corrected chi connectivity index (χ4v) is 4.43. The lowest BCUT2D eigenvalue weighted by Crippen LogP contribution is -2.32. The van der Waals surface area contributed by atoms with Crippen molar-refractivity contribution in [3.05, 3.63) is 64.9 Å². The Bertz CT molecular complexity index is 719. The molecule has 2 aliphatic carbocycles. The van der Waals surface area contributed by atoms with Gasteiger partial charge in [0.1, 0.15) is 0 Å². The standard InChI is InChI=1S/C21H23ClN2O/c22-17-9-7-15(8-10-17)13-24(14-16-4-3-11-23-12-16)21(25)20-18-5-1-2-6-19(18)20/h3-4,7-12,18-20H,1-2,5-6,13-14H2. The summed E-state index contributed by atoms with van der Waals surface area (Å²) in [5.74, 6) is 1.81. The lowest BCUT2D eigenvalue weighted by atomic mass is 10.0. The molecule has 4 heteroatoms. The van der Waals surface area contributed by atoms with Crippen molar-refractivity contribution >= 4 is 17.5 Å². The monoisotopic (exact) mass is 354 g/mol. The fourth-order valence-electron chi connectivity index (χ4n) is 4.30. The summed E-state index contributed by atoms with van der Waals surface area (Å²) in [7, 11) is 0. The molecule has 0 radical (unpaired) electrons. The first-order valence-electron chi connectivity index (χ1n) is 9.14. The maximum absolute atomic E-state index is 13.2. The van der Waals surface area contributed by atoms with E-state index in [1.807, 2.05) is 47.5 Å². The third-order valence-electron chi connectivity index (χ3n) is 5.64. The summed E-state index contributed by atoms with van der Waals surface area (Å²) in [4.78, 5) is 19.4. The third-order valence-corrected chi connectivity index (χ3v) is 5.89. The number of hydrogen-bond acceptors (Lipinski definition) is 2. The highest BCUT2D eigenvalue weighted by molar-refractivity contribution is 6.30. The van der Waals surface area contributed by atoms with Crippen LogP contribution in [0.1, 0.15) is 36.8 Å². The van der Waals surface area contributed by atoms with Crippen LogP contribution in [0.15, 0.2) is 48.8 Å². The van der Waals surface area contributed by atoms with Crippen LogP contribution in [0.5, 0.6) is 0 Å². The van der Waals surface area contributed by atoms with E-state index in [4.69, 9.17) is 11.6 Å². The summed E-state index contributed by atoms with van der Waals surface area (Å²) in [5.41, 5.74) is 2.19. The van der Waals surface area contributed by atoms with Gasteiger partial charge in [-0.1, -0.05) is 42.6 Å². The van der Waals surface area contributed by atoms with Gasteiger partial charge in [0.2, 0.25) is 5.91 Å². The second kappa shape index (κ2) is 7.17. The van der Waals surface area contributed by atoms with Gasteiger partial charge in [0, 0.05) is 36.4 Å². The van der Waals surface area contributed by atoms with E-state index in [2.05, 4.69) is 4.98 Å². The molecule has 4 rings (SSSR count). The zero-order valence-electron chi connectivity index (χ0n) is 14.3. The molecule has 2 fully saturated rings. The molecule has 2 aromatic rings. The number of aromatic nitrogens is 1. The number of amides is 1. The Labute approximate surface area is 154 Å². The molecule has 3 nitrogen and oxygen atoms in total. The second-order valence-corrected chi connectivity index (χ2v) is 7.76. The first kappa shape index (κ1) is 16.6. The topological polar surface area (TPSA) is 33.2 Å². The van der Waals surface area contributed by atoms with E-state index >= 15 is 0 Å². The molecule has 0 bridgehead atoms. The van der Waals surface area contributed by atoms with E-state index in [0.29, 0.717) is 30.8 Å². The molecule has 130 valence electrons. The Morgan fingerprint density at radius 2 is 1.72 bits per heavy atom. The largest absolute Gasteiger partial charge is 0.334 e. The summed E-state index contributed by atoms with van der Waals surface area (Å²) in [6.07, 6.45) is 8.63. The molecule has 25 heavy (non-hydrogen) atoms. The SMILES string of the molecule is O=C(C1C2CCCCC21)N(Cc1ccc(Cl)cc1)Cc1cccnc1. The highest BCUT2D eigenvalue weighted by Gasteiger charge is 2.55. The average molecular weight is 355 g/mol. The maximum atomic E-state index is 13.2. The van der Waals surface area contributed by atoms with Gasteiger partial charge in [0.25, 0.3) is 0 Å². The Morgan fingerprint density at radius 1 is 1.04 bits per heavy atom. The van der Waals surface area contributed by atoms with Crippen molar-refractivity contribution in [1.29, 1.82) is 0 Å². The molecule has 1 aromatic heterocycles. The van der Waals surface area contributed by atoms with Crippen LogP contribution in [0.3, 0.4) is 0 Å². The van der Waals surface area contributed by atoms with Crippen LogP contribution >= 0.6 is 11.6 Å². The predicted octanol–water partition coefficient (Wildman–Crippen LogP) is 4.70. The number of halogens is 1. The van der Waals surface area contributed by atoms with E-state index in [1.54, 1.807) is 6.20 Å². The second-order valence-electron chi connectivity index (χ2n) is 7.32. The van der Waals surface area contributed by atoms with Crippen LogP contribution in [0, 0.1) is 17.8 Å². The number of hydrogen-bond donors (Lipinski definition) is 0. The zero-order valence-corrected chi connectivity index (χ0v) is 15.0. The zero-order chi connectivity index (χ0) is 17.2. The lowest BCUT2D eigenvalue weighted by molar-refractivity contribution is -0.134. The highest BCUT2D eigenvalue weighted by Crippen LogP contribution is 2.56. The first-order chi connectivity index (χ1) is 12.2. The summed E-state index contributed by atoms with van der Waals surface area (Å²) in [5, 5.41) is 0.724. The van der Waals surface area contributed by atoms with Crippen LogP contribution in [0.4, 0.5) is 0 Å². The van der Waals surface area contributed by atoms with Gasteiger partial charge in [0.15, 0.2) is 0 Å². The number of carbonyl (C=O) groups is 1. The smallest absolute Gasteiger partial charge is 0.226 e. The fraction of sp³-hybridized carbons (Fsp3) is 0.429. The van der Waals surface area contributed by atoms with E-state index in [-0.39, 0.29) is 5.92 Å². The predicted molar refractivity (Wildman–Crippen MR) is 98.9 cm³/mol. The third kappa shape index (κ3) is 3.72. The molecule has 0 N–H and O–H groups in total. The molecule has 2 unspecified atom stereocenters. The Morgan fingerprint density at radius 3 is 2.36 bits per heavy atom. The first-order valence-corrected chi connectivity index (χ1v) is 9.52. The van der Waals surface area contributed by atoms with Gasteiger partial charge in [0.05, 0.1) is 0 Å². The molecule has 0 aliphatic heterocycles. The van der Waals surface area contributed by atoms with E-state index < -0.39 is 0 Å². The quantitative estimate of drug-likeness (QED) is 0.779. The average Bonchev–Trinajstić information content (AvgIpc) is 3.38. The summed E-state index contributed by atoms with van der Waals surface area (Å²) < 4.78 is 0. The van der Waals surface area contributed by atoms with Crippen molar-refractivity contribution in [1.82, 2.24) is 9.88 Å². The van der Waals surface area contributed by atoms with Crippen molar-refractivity contribution in [2.75, 3.05) is 0 Å². The molecule has 1 heterocycles. The summed E-state index contributed by atoms with van der Waals surface area (Å²) >= 11 is 5.99. The minimum atomic E-state index is 0.242. The van der Waals surface area contributed by atoms with Crippen molar-refractivity contribution < 1.29 is 4.79 Å². The Hall–Kier alpha value is -1.87. The minimum absolute atomic E-state index is 0.242. The molecular formula is C21H23ClN2O. The van der Waals surface area contributed by atoms with Gasteiger partial charge in [-0.3, -0.25) is 9.78 Å². The molecule has 1 amide bonds. The molecular weight excluding hydrogens is 332 g/mol. The molecule has 2 saturated carbocycles. The Balaban J connectivity index is 1.52. The molecule has 2 aliphatic rings. The van der Waals surface area contributed by atoms with Crippen molar-refractivity contribution in [2.45, 2.75) is 38.8 Å². The van der Waals surface area contributed by atoms with Gasteiger partial charge in [-0.15, -0.1) is 0 Å². The van der Waals surface area contributed by atoms with E-state index in [1.165, 1.54) is 25.7 Å². The molecule has 0 spiro atoms. The van der Waals surface area contributed by atoms with Crippen molar-refractivity contribution in [3.8, 4) is 0 Å². The highest BCUT2D eigenvalue weighted by atomic mass is 35.5. The van der Waals surface area contributed by atoms with Gasteiger partial charge in [-0.2, -0.15) is 0 Å². The van der Waals surface area contributed by atoms with E-state index in [0.717, 1.165) is 16.1 Å². The van der Waals surface area contributed by atoms with Gasteiger partial charge < -0.3 is 4.90 Å². The molecule has 2 atom stereocenters. The number of nitrogens with zero attached hydrogens (tertiary/aromatic N) is 2. The number of fused-ring (bicyclic) bond motifs is 1. The van der Waals surface area contributed by atoms with Crippen LogP contribution in [0.2, 0.25) is 5.02 Å². The van der Waals surface area contributed by atoms with Crippen LogP contribution in [-0.4, -0.2) is 15.8 Å². The minimum Gasteiger partial charge on any atom is -0.334 e. The van der Waals surface area contributed by atoms with Crippen LogP contribution in [0.25, 0.3) is 0 Å². The van der Waals surface area contributed by atoms with Gasteiger partial charge >= 0.3 is 0 Å². The number of rotatable bonds is 5. The molecule has 0 saturated heterocycles. The summed E-state index contributed by atoms with van der Waals surface area (Å²) in [6.45, 7) is 1.24.